The second-order valence-corrected chi connectivity index (χ2v) is 3.71. The Morgan fingerprint density at radius 1 is 1.40 bits per heavy atom. The summed E-state index contributed by atoms with van der Waals surface area (Å²) in [7, 11) is 0. The van der Waals surface area contributed by atoms with Gasteiger partial charge in [0.25, 0.3) is 0 Å². The number of rotatable bonds is 3. The molecule has 3 N–H and O–H groups in total. The average Bonchev–Trinajstić information content (AvgIpc) is 2.19. The van der Waals surface area contributed by atoms with Gasteiger partial charge in [0.2, 0.25) is 0 Å². The Labute approximate surface area is 91.4 Å². The van der Waals surface area contributed by atoms with Crippen molar-refractivity contribution >= 4 is 11.6 Å². The first-order valence-corrected chi connectivity index (χ1v) is 5.27. The number of anilines is 1. The summed E-state index contributed by atoms with van der Waals surface area (Å²) in [4.78, 5) is 4.18. The smallest absolute Gasteiger partial charge is 0.193 e. The molecule has 1 rings (SSSR count). The number of hydrogen-bond acceptors (Lipinski definition) is 1. The fourth-order valence-corrected chi connectivity index (χ4v) is 1.36. The summed E-state index contributed by atoms with van der Waals surface area (Å²) in [6, 6.07) is 6.21. The molecular weight excluding hydrogens is 186 g/mol. The predicted octanol–water partition coefficient (Wildman–Crippen LogP) is 2.44. The zero-order valence-electron chi connectivity index (χ0n) is 9.67. The van der Waals surface area contributed by atoms with E-state index in [0.29, 0.717) is 5.96 Å². The fraction of sp³-hybridized carbons (Fsp3) is 0.417. The van der Waals surface area contributed by atoms with Crippen molar-refractivity contribution in [3.8, 4) is 0 Å². The summed E-state index contributed by atoms with van der Waals surface area (Å²) in [5.74, 6) is 0.490. The molecule has 0 bridgehead atoms. The molecule has 0 amide bonds. The Morgan fingerprint density at radius 3 is 2.73 bits per heavy atom. The molecule has 0 heterocycles. The molecule has 0 atom stereocenters. The number of hydrogen-bond donors (Lipinski definition) is 2. The highest BCUT2D eigenvalue weighted by molar-refractivity contribution is 5.92. The first-order valence-electron chi connectivity index (χ1n) is 5.27. The maximum atomic E-state index is 5.74. The van der Waals surface area contributed by atoms with Gasteiger partial charge in [0, 0.05) is 12.2 Å². The van der Waals surface area contributed by atoms with Crippen LogP contribution in [0.15, 0.2) is 23.2 Å². The molecule has 82 valence electrons. The lowest BCUT2D eigenvalue weighted by Gasteiger charge is -2.09. The molecule has 0 saturated heterocycles. The number of aliphatic imine (C=N–C) groups is 1. The van der Waals surface area contributed by atoms with Crippen LogP contribution in [-0.4, -0.2) is 12.5 Å². The first-order chi connectivity index (χ1) is 7.13. The Kier molecular flexibility index (Phi) is 4.16. The van der Waals surface area contributed by atoms with E-state index in [0.717, 1.165) is 18.7 Å². The standard InChI is InChI=1S/C12H19N3/c1-4-7-14-12(13)15-11-6-5-9(2)8-10(11)3/h5-6,8H,4,7H2,1-3H3,(H3,13,14,15). The van der Waals surface area contributed by atoms with Gasteiger partial charge in [0.1, 0.15) is 0 Å². The Balaban J connectivity index is 2.72. The Hall–Kier alpha value is -1.51. The molecule has 0 spiro atoms. The molecule has 0 fully saturated rings. The topological polar surface area (TPSA) is 50.4 Å². The maximum Gasteiger partial charge on any atom is 0.193 e. The number of nitrogens with zero attached hydrogens (tertiary/aromatic N) is 1. The second kappa shape index (κ2) is 5.39. The summed E-state index contributed by atoms with van der Waals surface area (Å²) in [5, 5.41) is 3.10. The van der Waals surface area contributed by atoms with Gasteiger partial charge in [-0.15, -0.1) is 0 Å². The predicted molar refractivity (Wildman–Crippen MR) is 66.3 cm³/mol. The van der Waals surface area contributed by atoms with Crippen LogP contribution >= 0.6 is 0 Å². The van der Waals surface area contributed by atoms with Gasteiger partial charge in [-0.1, -0.05) is 24.6 Å². The van der Waals surface area contributed by atoms with E-state index in [-0.39, 0.29) is 0 Å². The van der Waals surface area contributed by atoms with Gasteiger partial charge in [-0.2, -0.15) is 0 Å². The molecule has 0 unspecified atom stereocenters. The molecule has 0 radical (unpaired) electrons. The lowest BCUT2D eigenvalue weighted by atomic mass is 10.1. The van der Waals surface area contributed by atoms with Crippen LogP contribution in [0.3, 0.4) is 0 Å². The van der Waals surface area contributed by atoms with Gasteiger partial charge in [-0.25, -0.2) is 0 Å². The van der Waals surface area contributed by atoms with E-state index in [4.69, 9.17) is 5.73 Å². The van der Waals surface area contributed by atoms with Crippen LogP contribution in [0.5, 0.6) is 0 Å². The lowest BCUT2D eigenvalue weighted by Crippen LogP contribution is -2.23. The van der Waals surface area contributed by atoms with Crippen molar-refractivity contribution in [3.63, 3.8) is 0 Å². The minimum absolute atomic E-state index is 0.490. The van der Waals surface area contributed by atoms with E-state index < -0.39 is 0 Å². The van der Waals surface area contributed by atoms with Gasteiger partial charge in [-0.05, 0) is 31.9 Å². The van der Waals surface area contributed by atoms with Crippen LogP contribution < -0.4 is 11.1 Å². The average molecular weight is 205 g/mol. The maximum absolute atomic E-state index is 5.74. The number of guanidine groups is 1. The molecule has 0 saturated carbocycles. The van der Waals surface area contributed by atoms with Crippen molar-refractivity contribution in [2.75, 3.05) is 11.9 Å². The number of aryl methyl sites for hydroxylation is 2. The van der Waals surface area contributed by atoms with E-state index in [1.807, 2.05) is 6.07 Å². The third-order valence-electron chi connectivity index (χ3n) is 2.15. The third-order valence-corrected chi connectivity index (χ3v) is 2.15. The van der Waals surface area contributed by atoms with Crippen molar-refractivity contribution in [2.24, 2.45) is 10.7 Å². The summed E-state index contributed by atoms with van der Waals surface area (Å²) in [5.41, 5.74) is 9.20. The SMILES string of the molecule is CCCN=C(N)Nc1ccc(C)cc1C. The van der Waals surface area contributed by atoms with Crippen molar-refractivity contribution in [1.29, 1.82) is 0 Å². The van der Waals surface area contributed by atoms with Gasteiger partial charge in [0.15, 0.2) is 5.96 Å². The highest BCUT2D eigenvalue weighted by atomic mass is 15.1. The second-order valence-electron chi connectivity index (χ2n) is 3.71. The Morgan fingerprint density at radius 2 is 2.13 bits per heavy atom. The highest BCUT2D eigenvalue weighted by Gasteiger charge is 1.98. The van der Waals surface area contributed by atoms with Crippen LogP contribution in [0, 0.1) is 13.8 Å². The first kappa shape index (κ1) is 11.6. The largest absolute Gasteiger partial charge is 0.370 e. The monoisotopic (exact) mass is 205 g/mol. The third kappa shape index (κ3) is 3.62. The molecular formula is C12H19N3. The van der Waals surface area contributed by atoms with E-state index in [1.165, 1.54) is 11.1 Å². The fourth-order valence-electron chi connectivity index (χ4n) is 1.36. The molecule has 3 nitrogen and oxygen atoms in total. The molecule has 3 heteroatoms. The summed E-state index contributed by atoms with van der Waals surface area (Å²) in [6.45, 7) is 6.98. The lowest BCUT2D eigenvalue weighted by molar-refractivity contribution is 0.929. The van der Waals surface area contributed by atoms with E-state index >= 15 is 0 Å². The summed E-state index contributed by atoms with van der Waals surface area (Å²) in [6.07, 6.45) is 1.01. The molecule has 0 aliphatic heterocycles. The van der Waals surface area contributed by atoms with E-state index in [1.54, 1.807) is 0 Å². The van der Waals surface area contributed by atoms with Crippen molar-refractivity contribution in [1.82, 2.24) is 0 Å². The molecule has 1 aromatic rings. The number of benzene rings is 1. The zero-order valence-corrected chi connectivity index (χ0v) is 9.67. The van der Waals surface area contributed by atoms with Gasteiger partial charge >= 0.3 is 0 Å². The quantitative estimate of drug-likeness (QED) is 0.588. The van der Waals surface area contributed by atoms with Crippen molar-refractivity contribution < 1.29 is 0 Å². The van der Waals surface area contributed by atoms with Crippen LogP contribution in [0.2, 0.25) is 0 Å². The Bertz CT molecular complexity index is 356. The minimum atomic E-state index is 0.490. The highest BCUT2D eigenvalue weighted by Crippen LogP contribution is 2.15. The van der Waals surface area contributed by atoms with Gasteiger partial charge in [0.05, 0.1) is 0 Å². The zero-order chi connectivity index (χ0) is 11.3. The van der Waals surface area contributed by atoms with E-state index in [9.17, 15) is 0 Å². The molecule has 0 aliphatic carbocycles. The van der Waals surface area contributed by atoms with Crippen LogP contribution in [0.1, 0.15) is 24.5 Å². The molecule has 15 heavy (non-hydrogen) atoms. The van der Waals surface area contributed by atoms with Crippen molar-refractivity contribution in [2.45, 2.75) is 27.2 Å². The molecule has 0 aromatic heterocycles. The minimum Gasteiger partial charge on any atom is -0.370 e. The molecule has 0 aliphatic rings. The van der Waals surface area contributed by atoms with Gasteiger partial charge < -0.3 is 11.1 Å². The summed E-state index contributed by atoms with van der Waals surface area (Å²) >= 11 is 0. The van der Waals surface area contributed by atoms with E-state index in [2.05, 4.69) is 43.2 Å². The summed E-state index contributed by atoms with van der Waals surface area (Å²) < 4.78 is 0. The van der Waals surface area contributed by atoms with Gasteiger partial charge in [-0.3, -0.25) is 4.99 Å². The molecule has 1 aromatic carbocycles. The van der Waals surface area contributed by atoms with Crippen molar-refractivity contribution in [3.05, 3.63) is 29.3 Å². The van der Waals surface area contributed by atoms with Crippen LogP contribution in [-0.2, 0) is 0 Å². The van der Waals surface area contributed by atoms with Crippen LogP contribution in [0.4, 0.5) is 5.69 Å². The number of nitrogens with one attached hydrogen (secondary N) is 1. The number of nitrogens with two attached hydrogens (primary N) is 1. The normalized spacial score (nSPS) is 11.5. The van der Waals surface area contributed by atoms with Crippen LogP contribution in [0.25, 0.3) is 0 Å².